The van der Waals surface area contributed by atoms with Crippen molar-refractivity contribution in [3.8, 4) is 5.75 Å². The largest absolute Gasteiger partial charge is 0.489 e. The number of benzene rings is 3. The van der Waals surface area contributed by atoms with Crippen molar-refractivity contribution in [2.24, 2.45) is 0 Å². The first-order valence-corrected chi connectivity index (χ1v) is 13.2. The lowest BCUT2D eigenvalue weighted by Gasteiger charge is -2.31. The molecule has 0 spiro atoms. The first-order chi connectivity index (χ1) is 16.9. The number of para-hydroxylation sites is 1. The maximum Gasteiger partial charge on any atom is 0.255 e. The molecular formula is C27H28N2O5S. The normalized spacial score (nSPS) is 14.9. The van der Waals surface area contributed by atoms with Gasteiger partial charge in [0.1, 0.15) is 11.9 Å². The van der Waals surface area contributed by atoms with Crippen LogP contribution in [0.4, 0.5) is 0 Å². The van der Waals surface area contributed by atoms with Gasteiger partial charge in [-0.25, -0.2) is 12.7 Å². The number of sulfonamides is 1. The number of carbonyl (C=O) groups excluding carboxylic acids is 2. The predicted octanol–water partition coefficient (Wildman–Crippen LogP) is 3.67. The van der Waals surface area contributed by atoms with Crippen molar-refractivity contribution < 1.29 is 22.7 Å². The minimum atomic E-state index is -3.41. The number of Topliss-reactive ketones (excluding diaryl/α,β-unsaturated/α-hetero) is 1. The monoisotopic (exact) mass is 492 g/mol. The fourth-order valence-electron chi connectivity index (χ4n) is 4.02. The molecule has 1 saturated heterocycles. The van der Waals surface area contributed by atoms with E-state index in [2.05, 4.69) is 5.32 Å². The van der Waals surface area contributed by atoms with Crippen molar-refractivity contribution >= 4 is 21.7 Å². The van der Waals surface area contributed by atoms with E-state index in [1.807, 2.05) is 36.4 Å². The molecule has 0 saturated carbocycles. The summed E-state index contributed by atoms with van der Waals surface area (Å²) >= 11 is 0. The highest BCUT2D eigenvalue weighted by molar-refractivity contribution is 7.88. The number of hydrogen-bond donors (Lipinski definition) is 1. The van der Waals surface area contributed by atoms with Gasteiger partial charge >= 0.3 is 0 Å². The van der Waals surface area contributed by atoms with Crippen LogP contribution in [0.2, 0.25) is 0 Å². The molecule has 7 nitrogen and oxygen atoms in total. The molecule has 182 valence electrons. The lowest BCUT2D eigenvalue weighted by atomic mass is 10.1. The topological polar surface area (TPSA) is 92.8 Å². The van der Waals surface area contributed by atoms with Crippen LogP contribution in [0.3, 0.4) is 0 Å². The standard InChI is InChI=1S/C27H28N2O5S/c30-25(22-11-5-2-6-12-22)19-28-27(31)24-13-7-8-14-26(24)34-23-15-17-29(18-16-23)35(32,33)20-21-9-3-1-4-10-21/h1-14,23H,15-20H2,(H,28,31). The number of amides is 1. The molecule has 1 aliphatic rings. The van der Waals surface area contributed by atoms with Gasteiger partial charge in [0.15, 0.2) is 5.78 Å². The molecule has 3 aromatic carbocycles. The average molecular weight is 493 g/mol. The van der Waals surface area contributed by atoms with E-state index in [4.69, 9.17) is 4.74 Å². The zero-order chi connectivity index (χ0) is 24.7. The average Bonchev–Trinajstić information content (AvgIpc) is 2.88. The number of hydrogen-bond acceptors (Lipinski definition) is 5. The van der Waals surface area contributed by atoms with Crippen LogP contribution in [0.1, 0.15) is 39.1 Å². The number of rotatable bonds is 9. The lowest BCUT2D eigenvalue weighted by molar-refractivity contribution is 0.0894. The smallest absolute Gasteiger partial charge is 0.255 e. The number of piperidine rings is 1. The van der Waals surface area contributed by atoms with Gasteiger partial charge in [0.25, 0.3) is 5.91 Å². The summed E-state index contributed by atoms with van der Waals surface area (Å²) in [6.45, 7) is 0.606. The molecule has 1 heterocycles. The molecule has 1 N–H and O–H groups in total. The van der Waals surface area contributed by atoms with E-state index >= 15 is 0 Å². The molecule has 0 bridgehead atoms. The molecule has 0 aromatic heterocycles. The molecule has 1 amide bonds. The molecular weight excluding hydrogens is 464 g/mol. The van der Waals surface area contributed by atoms with Gasteiger partial charge in [0.2, 0.25) is 10.0 Å². The van der Waals surface area contributed by atoms with Gasteiger partial charge in [-0.15, -0.1) is 0 Å². The third-order valence-corrected chi connectivity index (χ3v) is 7.77. The minimum absolute atomic E-state index is 0.0237. The fraction of sp³-hybridized carbons (Fsp3) is 0.259. The Morgan fingerprint density at radius 3 is 2.14 bits per heavy atom. The molecule has 0 radical (unpaired) electrons. The summed E-state index contributed by atoms with van der Waals surface area (Å²) in [6.07, 6.45) is 0.838. The van der Waals surface area contributed by atoms with E-state index in [0.29, 0.717) is 42.8 Å². The Labute approximate surface area is 205 Å². The Balaban J connectivity index is 1.33. The summed E-state index contributed by atoms with van der Waals surface area (Å²) in [5.41, 5.74) is 1.63. The van der Waals surface area contributed by atoms with E-state index in [1.165, 1.54) is 4.31 Å². The first-order valence-electron chi connectivity index (χ1n) is 11.6. The van der Waals surface area contributed by atoms with Crippen LogP contribution in [0.25, 0.3) is 0 Å². The third-order valence-electron chi connectivity index (χ3n) is 5.92. The van der Waals surface area contributed by atoms with Crippen LogP contribution >= 0.6 is 0 Å². The number of ether oxygens (including phenoxy) is 1. The van der Waals surface area contributed by atoms with Crippen molar-refractivity contribution in [2.75, 3.05) is 19.6 Å². The Kier molecular flexibility index (Phi) is 7.94. The van der Waals surface area contributed by atoms with E-state index < -0.39 is 15.9 Å². The molecule has 35 heavy (non-hydrogen) atoms. The Morgan fingerprint density at radius 1 is 0.857 bits per heavy atom. The fourth-order valence-corrected chi connectivity index (χ4v) is 5.59. The van der Waals surface area contributed by atoms with Gasteiger partial charge in [-0.05, 0) is 30.5 Å². The number of nitrogens with zero attached hydrogens (tertiary/aromatic N) is 1. The molecule has 1 fully saturated rings. The summed E-state index contributed by atoms with van der Waals surface area (Å²) in [5.74, 6) is -0.179. The minimum Gasteiger partial charge on any atom is -0.489 e. The van der Waals surface area contributed by atoms with E-state index in [9.17, 15) is 18.0 Å². The van der Waals surface area contributed by atoms with Gasteiger partial charge in [-0.1, -0.05) is 72.8 Å². The van der Waals surface area contributed by atoms with Crippen LogP contribution in [-0.4, -0.2) is 50.2 Å². The SMILES string of the molecule is O=C(CNC(=O)c1ccccc1OC1CCN(S(=O)(=O)Cc2ccccc2)CC1)c1ccccc1. The molecule has 3 aromatic rings. The highest BCUT2D eigenvalue weighted by atomic mass is 32.2. The van der Waals surface area contributed by atoms with Crippen LogP contribution in [-0.2, 0) is 15.8 Å². The van der Waals surface area contributed by atoms with Crippen LogP contribution < -0.4 is 10.1 Å². The summed E-state index contributed by atoms with van der Waals surface area (Å²) in [6, 6.07) is 24.8. The van der Waals surface area contributed by atoms with E-state index in [0.717, 1.165) is 5.56 Å². The molecule has 0 unspecified atom stereocenters. The zero-order valence-electron chi connectivity index (χ0n) is 19.3. The second-order valence-electron chi connectivity index (χ2n) is 8.43. The van der Waals surface area contributed by atoms with E-state index in [1.54, 1.807) is 48.5 Å². The van der Waals surface area contributed by atoms with Gasteiger partial charge in [-0.2, -0.15) is 0 Å². The van der Waals surface area contributed by atoms with Gasteiger partial charge in [0, 0.05) is 18.7 Å². The van der Waals surface area contributed by atoms with Crippen molar-refractivity contribution in [3.63, 3.8) is 0 Å². The number of carbonyl (C=O) groups is 2. The molecule has 0 atom stereocenters. The van der Waals surface area contributed by atoms with Crippen molar-refractivity contribution in [1.82, 2.24) is 9.62 Å². The summed E-state index contributed by atoms with van der Waals surface area (Å²) in [4.78, 5) is 25.1. The third kappa shape index (κ3) is 6.55. The summed E-state index contributed by atoms with van der Waals surface area (Å²) in [5, 5.41) is 2.67. The zero-order valence-corrected chi connectivity index (χ0v) is 20.1. The Bertz CT molecular complexity index is 1250. The highest BCUT2D eigenvalue weighted by Crippen LogP contribution is 2.25. The van der Waals surface area contributed by atoms with Gasteiger partial charge in [-0.3, -0.25) is 9.59 Å². The van der Waals surface area contributed by atoms with Crippen LogP contribution in [0.5, 0.6) is 5.75 Å². The van der Waals surface area contributed by atoms with E-state index in [-0.39, 0.29) is 24.2 Å². The number of ketones is 1. The van der Waals surface area contributed by atoms with Crippen molar-refractivity contribution in [3.05, 3.63) is 102 Å². The summed E-state index contributed by atoms with van der Waals surface area (Å²) in [7, 11) is -3.41. The molecule has 4 rings (SSSR count). The van der Waals surface area contributed by atoms with Crippen LogP contribution in [0, 0.1) is 0 Å². The Morgan fingerprint density at radius 2 is 1.46 bits per heavy atom. The first kappa shape index (κ1) is 24.6. The summed E-state index contributed by atoms with van der Waals surface area (Å²) < 4.78 is 33.2. The van der Waals surface area contributed by atoms with Crippen molar-refractivity contribution in [2.45, 2.75) is 24.7 Å². The second-order valence-corrected chi connectivity index (χ2v) is 10.4. The van der Waals surface area contributed by atoms with Gasteiger partial charge in [0.05, 0.1) is 17.9 Å². The maximum atomic E-state index is 12.8. The lowest BCUT2D eigenvalue weighted by Crippen LogP contribution is -2.42. The molecule has 0 aliphatic carbocycles. The quantitative estimate of drug-likeness (QED) is 0.460. The second kappa shape index (κ2) is 11.3. The van der Waals surface area contributed by atoms with Gasteiger partial charge < -0.3 is 10.1 Å². The highest BCUT2D eigenvalue weighted by Gasteiger charge is 2.29. The van der Waals surface area contributed by atoms with Crippen molar-refractivity contribution in [1.29, 1.82) is 0 Å². The maximum absolute atomic E-state index is 12.8. The Hall–Kier alpha value is -3.49. The van der Waals surface area contributed by atoms with Crippen LogP contribution in [0.15, 0.2) is 84.9 Å². The number of nitrogens with one attached hydrogen (secondary N) is 1. The predicted molar refractivity (Wildman–Crippen MR) is 134 cm³/mol. The molecule has 1 aliphatic heterocycles. The molecule has 8 heteroatoms.